The van der Waals surface area contributed by atoms with E-state index in [9.17, 15) is 14.7 Å². The summed E-state index contributed by atoms with van der Waals surface area (Å²) in [6, 6.07) is 6.07. The molecule has 6 nitrogen and oxygen atoms in total. The molecule has 1 aliphatic heterocycles. The number of fused-ring (bicyclic) bond motifs is 1. The van der Waals surface area contributed by atoms with Gasteiger partial charge in [0.2, 0.25) is 5.91 Å². The van der Waals surface area contributed by atoms with Gasteiger partial charge in [0.05, 0.1) is 18.7 Å². The number of nitrogens with one attached hydrogen (secondary N) is 2. The fourth-order valence-electron chi connectivity index (χ4n) is 4.86. The van der Waals surface area contributed by atoms with Crippen LogP contribution in [0.25, 0.3) is 0 Å². The molecule has 1 heterocycles. The maximum absolute atomic E-state index is 13.1. The Kier molecular flexibility index (Phi) is 8.28. The van der Waals surface area contributed by atoms with E-state index >= 15 is 0 Å². The Bertz CT molecular complexity index is 728. The molecule has 0 spiro atoms. The fourth-order valence-corrected chi connectivity index (χ4v) is 4.86. The van der Waals surface area contributed by atoms with Gasteiger partial charge < -0.3 is 20.6 Å². The Labute approximate surface area is 180 Å². The molecule has 1 aromatic carbocycles. The minimum absolute atomic E-state index is 0.0359. The smallest absolute Gasteiger partial charge is 0.251 e. The number of aliphatic hydroxyl groups excluding tert-OH is 1. The van der Waals surface area contributed by atoms with Gasteiger partial charge in [-0.15, -0.1) is 0 Å². The van der Waals surface area contributed by atoms with Crippen LogP contribution in [0.4, 0.5) is 0 Å². The van der Waals surface area contributed by atoms with Gasteiger partial charge in [0.25, 0.3) is 5.91 Å². The molecule has 0 saturated heterocycles. The molecule has 30 heavy (non-hydrogen) atoms. The van der Waals surface area contributed by atoms with Gasteiger partial charge in [0.15, 0.2) is 0 Å². The number of benzene rings is 1. The predicted molar refractivity (Wildman–Crippen MR) is 118 cm³/mol. The van der Waals surface area contributed by atoms with Crippen molar-refractivity contribution in [2.24, 2.45) is 5.92 Å². The summed E-state index contributed by atoms with van der Waals surface area (Å²) in [5.41, 5.74) is 3.10. The lowest BCUT2D eigenvalue weighted by Gasteiger charge is -2.43. The zero-order valence-electron chi connectivity index (χ0n) is 18.5. The van der Waals surface area contributed by atoms with Crippen LogP contribution in [-0.4, -0.2) is 54.1 Å². The summed E-state index contributed by atoms with van der Waals surface area (Å²) in [5.74, 6) is 0.481. The first-order valence-electron chi connectivity index (χ1n) is 11.6. The molecule has 1 fully saturated rings. The van der Waals surface area contributed by atoms with Crippen molar-refractivity contribution in [3.8, 4) is 0 Å². The van der Waals surface area contributed by atoms with E-state index < -0.39 is 6.10 Å². The van der Waals surface area contributed by atoms with Crippen molar-refractivity contribution in [2.75, 3.05) is 26.2 Å². The number of rotatable bonds is 8. The molecule has 0 bridgehead atoms. The van der Waals surface area contributed by atoms with Crippen LogP contribution in [0.5, 0.6) is 0 Å². The zero-order chi connectivity index (χ0) is 21.5. The van der Waals surface area contributed by atoms with Gasteiger partial charge in [-0.1, -0.05) is 32.3 Å². The molecule has 2 amide bonds. The summed E-state index contributed by atoms with van der Waals surface area (Å²) in [7, 11) is 0. The molecule has 1 aromatic rings. The van der Waals surface area contributed by atoms with Crippen LogP contribution in [0.1, 0.15) is 79.9 Å². The third-order valence-electron chi connectivity index (χ3n) is 6.35. The molecule has 3 rings (SSSR count). The fraction of sp³-hybridized carbons (Fsp3) is 0.667. The summed E-state index contributed by atoms with van der Waals surface area (Å²) >= 11 is 0. The minimum atomic E-state index is -0.474. The van der Waals surface area contributed by atoms with E-state index in [1.54, 1.807) is 6.92 Å². The Morgan fingerprint density at radius 2 is 2.00 bits per heavy atom. The average Bonchev–Trinajstić information content (AvgIpc) is 2.76. The Balaban J connectivity index is 1.86. The van der Waals surface area contributed by atoms with Crippen LogP contribution >= 0.6 is 0 Å². The molecule has 0 aromatic heterocycles. The van der Waals surface area contributed by atoms with Crippen LogP contribution < -0.4 is 10.6 Å². The predicted octanol–water partition coefficient (Wildman–Crippen LogP) is 2.80. The number of amides is 2. The number of aliphatic hydroxyl groups is 1. The van der Waals surface area contributed by atoms with Gasteiger partial charge in [-0.05, 0) is 61.8 Å². The lowest BCUT2D eigenvalue weighted by atomic mass is 9.76. The van der Waals surface area contributed by atoms with E-state index in [1.165, 1.54) is 24.8 Å². The Hall–Kier alpha value is -1.92. The highest BCUT2D eigenvalue weighted by Gasteiger charge is 2.37. The van der Waals surface area contributed by atoms with Gasteiger partial charge in [0, 0.05) is 25.2 Å². The van der Waals surface area contributed by atoms with Crippen molar-refractivity contribution in [1.82, 2.24) is 15.5 Å². The first kappa shape index (κ1) is 22.8. The molecular weight excluding hydrogens is 378 g/mol. The van der Waals surface area contributed by atoms with Crippen molar-refractivity contribution in [3.63, 3.8) is 0 Å². The first-order valence-corrected chi connectivity index (χ1v) is 11.6. The quantitative estimate of drug-likeness (QED) is 0.610. The summed E-state index contributed by atoms with van der Waals surface area (Å²) in [6.45, 7) is 5.78. The van der Waals surface area contributed by atoms with Crippen LogP contribution in [0.2, 0.25) is 0 Å². The molecule has 2 atom stereocenters. The number of hydrogen-bond donors (Lipinski definition) is 3. The zero-order valence-corrected chi connectivity index (χ0v) is 18.5. The van der Waals surface area contributed by atoms with Gasteiger partial charge in [-0.2, -0.15) is 0 Å². The van der Waals surface area contributed by atoms with E-state index in [4.69, 9.17) is 0 Å². The van der Waals surface area contributed by atoms with Crippen molar-refractivity contribution >= 4 is 11.8 Å². The summed E-state index contributed by atoms with van der Waals surface area (Å²) < 4.78 is 0. The van der Waals surface area contributed by atoms with Crippen molar-refractivity contribution in [2.45, 2.75) is 70.9 Å². The topological polar surface area (TPSA) is 81.7 Å². The van der Waals surface area contributed by atoms with Crippen LogP contribution in [0.3, 0.4) is 0 Å². The summed E-state index contributed by atoms with van der Waals surface area (Å²) in [4.78, 5) is 27.7. The SMILES string of the molecule is CCCNC(=O)c1ccc2c(c1)C(C1CCCCC1)N(C(=O)CNC[C@@H](C)O)CC2. The molecular formula is C24H37N3O3. The van der Waals surface area contributed by atoms with E-state index in [0.717, 1.165) is 31.2 Å². The van der Waals surface area contributed by atoms with Gasteiger partial charge >= 0.3 is 0 Å². The molecule has 1 aliphatic carbocycles. The number of hydrogen-bond acceptors (Lipinski definition) is 4. The van der Waals surface area contributed by atoms with Crippen LogP contribution in [-0.2, 0) is 11.2 Å². The summed E-state index contributed by atoms with van der Waals surface area (Å²) in [6.07, 6.45) is 7.17. The third-order valence-corrected chi connectivity index (χ3v) is 6.35. The Morgan fingerprint density at radius 1 is 1.23 bits per heavy atom. The monoisotopic (exact) mass is 415 g/mol. The van der Waals surface area contributed by atoms with E-state index in [-0.39, 0.29) is 24.4 Å². The van der Waals surface area contributed by atoms with Crippen molar-refractivity contribution in [3.05, 3.63) is 34.9 Å². The molecule has 1 saturated carbocycles. The Morgan fingerprint density at radius 3 is 2.70 bits per heavy atom. The maximum atomic E-state index is 13.1. The minimum Gasteiger partial charge on any atom is -0.392 e. The number of nitrogens with zero attached hydrogens (tertiary/aromatic N) is 1. The normalized spacial score (nSPS) is 20.5. The van der Waals surface area contributed by atoms with Crippen molar-refractivity contribution < 1.29 is 14.7 Å². The van der Waals surface area contributed by atoms with E-state index in [0.29, 0.717) is 31.1 Å². The molecule has 6 heteroatoms. The van der Waals surface area contributed by atoms with Crippen LogP contribution in [0, 0.1) is 5.92 Å². The second kappa shape index (κ2) is 10.9. The van der Waals surface area contributed by atoms with E-state index in [2.05, 4.69) is 16.7 Å². The highest BCUT2D eigenvalue weighted by atomic mass is 16.3. The molecule has 1 unspecified atom stereocenters. The highest BCUT2D eigenvalue weighted by molar-refractivity contribution is 5.94. The second-order valence-electron chi connectivity index (χ2n) is 8.83. The lowest BCUT2D eigenvalue weighted by molar-refractivity contribution is -0.134. The molecule has 3 N–H and O–H groups in total. The van der Waals surface area contributed by atoms with E-state index in [1.807, 2.05) is 24.0 Å². The maximum Gasteiger partial charge on any atom is 0.251 e. The van der Waals surface area contributed by atoms with Gasteiger partial charge in [0.1, 0.15) is 0 Å². The van der Waals surface area contributed by atoms with Gasteiger partial charge in [-0.3, -0.25) is 9.59 Å². The second-order valence-corrected chi connectivity index (χ2v) is 8.83. The summed E-state index contributed by atoms with van der Waals surface area (Å²) in [5, 5.41) is 15.5. The van der Waals surface area contributed by atoms with Gasteiger partial charge in [-0.25, -0.2) is 0 Å². The third kappa shape index (κ3) is 5.61. The molecule has 166 valence electrons. The number of carbonyl (C=O) groups is 2. The molecule has 0 radical (unpaired) electrons. The number of carbonyl (C=O) groups excluding carboxylic acids is 2. The standard InChI is InChI=1S/C24H37N3O3/c1-3-12-26-24(30)20-10-9-18-11-13-27(22(29)16-25-15-17(2)28)23(21(18)14-20)19-7-5-4-6-8-19/h9-10,14,17,19,23,25,28H,3-8,11-13,15-16H2,1-2H3,(H,26,30)/t17-,23?/m1/s1. The van der Waals surface area contributed by atoms with Crippen molar-refractivity contribution in [1.29, 1.82) is 0 Å². The first-order chi connectivity index (χ1) is 14.5. The average molecular weight is 416 g/mol. The lowest BCUT2D eigenvalue weighted by Crippen LogP contribution is -2.47. The highest BCUT2D eigenvalue weighted by Crippen LogP contribution is 2.42. The van der Waals surface area contributed by atoms with Crippen LogP contribution in [0.15, 0.2) is 18.2 Å². The molecule has 2 aliphatic rings. The largest absolute Gasteiger partial charge is 0.392 e.